The van der Waals surface area contributed by atoms with Gasteiger partial charge in [0.25, 0.3) is 0 Å². The molecular formula is C17H23N3O5S. The van der Waals surface area contributed by atoms with Crippen molar-refractivity contribution in [2.75, 3.05) is 46.5 Å². The number of hydrogen-bond acceptors (Lipinski definition) is 7. The molecule has 0 amide bonds. The largest absolute Gasteiger partial charge is 0.495 e. The van der Waals surface area contributed by atoms with Gasteiger partial charge < -0.3 is 14.0 Å². The number of sulfonamides is 1. The Kier molecular flexibility index (Phi) is 5.92. The third-order valence-corrected chi connectivity index (χ3v) is 5.67. The Hall–Kier alpha value is -1.94. The number of methoxy groups -OCH3 is 1. The number of nitrogens with zero attached hydrogens (tertiary/aromatic N) is 2. The van der Waals surface area contributed by atoms with Crippen LogP contribution in [0, 0.1) is 6.92 Å². The Labute approximate surface area is 153 Å². The molecule has 1 aromatic heterocycles. The first-order chi connectivity index (χ1) is 12.5. The molecule has 2 heterocycles. The van der Waals surface area contributed by atoms with Crippen LogP contribution < -0.4 is 9.46 Å². The number of nitrogens with one attached hydrogen (secondary N) is 1. The van der Waals surface area contributed by atoms with Gasteiger partial charge in [-0.15, -0.1) is 0 Å². The van der Waals surface area contributed by atoms with Crippen LogP contribution in [-0.4, -0.2) is 65.0 Å². The van der Waals surface area contributed by atoms with E-state index in [2.05, 4.69) is 14.8 Å². The van der Waals surface area contributed by atoms with E-state index < -0.39 is 10.0 Å². The van der Waals surface area contributed by atoms with Gasteiger partial charge in [-0.25, -0.2) is 13.1 Å². The highest BCUT2D eigenvalue weighted by Crippen LogP contribution is 2.30. The molecule has 9 heteroatoms. The van der Waals surface area contributed by atoms with Crippen LogP contribution in [0.15, 0.2) is 33.7 Å². The quantitative estimate of drug-likeness (QED) is 0.772. The molecule has 1 N–H and O–H groups in total. The van der Waals surface area contributed by atoms with E-state index in [1.54, 1.807) is 25.1 Å². The zero-order valence-electron chi connectivity index (χ0n) is 14.9. The SMILES string of the molecule is COc1ccc(-c2cc(C)no2)cc1S(=O)(=O)NCCN1CCOCC1. The van der Waals surface area contributed by atoms with Gasteiger partial charge in [-0.3, -0.25) is 4.90 Å². The molecule has 0 atom stereocenters. The van der Waals surface area contributed by atoms with E-state index in [0.717, 1.165) is 18.8 Å². The molecule has 0 radical (unpaired) electrons. The molecule has 1 aromatic carbocycles. The van der Waals surface area contributed by atoms with Crippen LogP contribution in [0.3, 0.4) is 0 Å². The van der Waals surface area contributed by atoms with Gasteiger partial charge in [0.2, 0.25) is 10.0 Å². The lowest BCUT2D eigenvalue weighted by Gasteiger charge is -2.26. The smallest absolute Gasteiger partial charge is 0.244 e. The van der Waals surface area contributed by atoms with Crippen LogP contribution in [0.4, 0.5) is 0 Å². The maximum atomic E-state index is 12.8. The van der Waals surface area contributed by atoms with E-state index in [9.17, 15) is 8.42 Å². The van der Waals surface area contributed by atoms with E-state index in [1.165, 1.54) is 13.2 Å². The predicted octanol–water partition coefficient (Wildman–Crippen LogP) is 1.27. The summed E-state index contributed by atoms with van der Waals surface area (Å²) < 4.78 is 43.9. The van der Waals surface area contributed by atoms with Crippen LogP contribution in [0.2, 0.25) is 0 Å². The molecule has 0 saturated carbocycles. The third kappa shape index (κ3) is 4.42. The van der Waals surface area contributed by atoms with Gasteiger partial charge >= 0.3 is 0 Å². The van der Waals surface area contributed by atoms with Gasteiger partial charge in [-0.2, -0.15) is 0 Å². The van der Waals surface area contributed by atoms with Gasteiger partial charge in [-0.05, 0) is 25.1 Å². The molecule has 8 nitrogen and oxygen atoms in total. The van der Waals surface area contributed by atoms with Crippen molar-refractivity contribution in [3.05, 3.63) is 30.0 Å². The first-order valence-corrected chi connectivity index (χ1v) is 9.89. The Balaban J connectivity index is 1.76. The fourth-order valence-corrected chi connectivity index (χ4v) is 3.99. The number of aromatic nitrogens is 1. The summed E-state index contributed by atoms with van der Waals surface area (Å²) >= 11 is 0. The summed E-state index contributed by atoms with van der Waals surface area (Å²) in [5, 5.41) is 3.84. The molecule has 1 saturated heterocycles. The van der Waals surface area contributed by atoms with E-state index >= 15 is 0 Å². The molecule has 26 heavy (non-hydrogen) atoms. The molecule has 0 unspecified atom stereocenters. The number of hydrogen-bond donors (Lipinski definition) is 1. The van der Waals surface area contributed by atoms with E-state index in [0.29, 0.717) is 37.6 Å². The molecule has 1 aliphatic heterocycles. The van der Waals surface area contributed by atoms with E-state index in [1.807, 2.05) is 0 Å². The molecule has 142 valence electrons. The highest BCUT2D eigenvalue weighted by molar-refractivity contribution is 7.89. The Morgan fingerprint density at radius 1 is 1.27 bits per heavy atom. The fraction of sp³-hybridized carbons (Fsp3) is 0.471. The van der Waals surface area contributed by atoms with Crippen LogP contribution in [0.25, 0.3) is 11.3 Å². The van der Waals surface area contributed by atoms with Crippen LogP contribution >= 0.6 is 0 Å². The average Bonchev–Trinajstić information content (AvgIpc) is 3.08. The van der Waals surface area contributed by atoms with Gasteiger partial charge in [0.1, 0.15) is 10.6 Å². The summed E-state index contributed by atoms with van der Waals surface area (Å²) in [7, 11) is -2.28. The lowest BCUT2D eigenvalue weighted by Crippen LogP contribution is -2.41. The summed E-state index contributed by atoms with van der Waals surface area (Å²) in [5.41, 5.74) is 1.35. The van der Waals surface area contributed by atoms with Gasteiger partial charge in [0.15, 0.2) is 5.76 Å². The van der Waals surface area contributed by atoms with Crippen molar-refractivity contribution in [2.45, 2.75) is 11.8 Å². The summed E-state index contributed by atoms with van der Waals surface area (Å²) in [6.45, 7) is 5.74. The third-order valence-electron chi connectivity index (χ3n) is 4.19. The molecule has 0 spiro atoms. The number of rotatable bonds is 7. The van der Waals surface area contributed by atoms with Crippen molar-refractivity contribution in [1.82, 2.24) is 14.8 Å². The van der Waals surface area contributed by atoms with Crippen LogP contribution in [-0.2, 0) is 14.8 Å². The minimum absolute atomic E-state index is 0.0773. The van der Waals surface area contributed by atoms with Gasteiger partial charge in [0.05, 0.1) is 26.0 Å². The first-order valence-electron chi connectivity index (χ1n) is 8.41. The second-order valence-electron chi connectivity index (χ2n) is 6.05. The number of ether oxygens (including phenoxy) is 2. The van der Waals surface area contributed by atoms with E-state index in [-0.39, 0.29) is 10.6 Å². The molecule has 1 aliphatic rings. The highest BCUT2D eigenvalue weighted by atomic mass is 32.2. The standard InChI is InChI=1S/C17H23N3O5S/c1-13-11-16(25-19-13)14-3-4-15(23-2)17(12-14)26(21,22)18-5-6-20-7-9-24-10-8-20/h3-4,11-12,18H,5-10H2,1-2H3. The summed E-state index contributed by atoms with van der Waals surface area (Å²) in [6.07, 6.45) is 0. The van der Waals surface area contributed by atoms with Crippen LogP contribution in [0.1, 0.15) is 5.69 Å². The van der Waals surface area contributed by atoms with Crippen LogP contribution in [0.5, 0.6) is 5.75 Å². The van der Waals surface area contributed by atoms with Crippen molar-refractivity contribution in [1.29, 1.82) is 0 Å². The average molecular weight is 381 g/mol. The maximum absolute atomic E-state index is 12.8. The van der Waals surface area contributed by atoms with Gasteiger partial charge in [-0.1, -0.05) is 5.16 Å². The molecule has 1 fully saturated rings. The molecule has 2 aromatic rings. The molecule has 0 aliphatic carbocycles. The minimum atomic E-state index is -3.72. The highest BCUT2D eigenvalue weighted by Gasteiger charge is 2.21. The van der Waals surface area contributed by atoms with Crippen molar-refractivity contribution in [3.63, 3.8) is 0 Å². The summed E-state index contributed by atoms with van der Waals surface area (Å²) in [5.74, 6) is 0.791. The Bertz CT molecular complexity index is 844. The summed E-state index contributed by atoms with van der Waals surface area (Å²) in [4.78, 5) is 2.24. The molecule has 0 bridgehead atoms. The fourth-order valence-electron chi connectivity index (χ4n) is 2.78. The topological polar surface area (TPSA) is 93.9 Å². The maximum Gasteiger partial charge on any atom is 0.244 e. The van der Waals surface area contributed by atoms with Crippen molar-refractivity contribution >= 4 is 10.0 Å². The minimum Gasteiger partial charge on any atom is -0.495 e. The van der Waals surface area contributed by atoms with Crippen molar-refractivity contribution in [2.24, 2.45) is 0 Å². The number of aryl methyl sites for hydroxylation is 1. The number of benzene rings is 1. The molecule has 3 rings (SSSR count). The predicted molar refractivity (Wildman–Crippen MR) is 95.7 cm³/mol. The molecular weight excluding hydrogens is 358 g/mol. The first kappa shape index (κ1) is 18.8. The zero-order chi connectivity index (χ0) is 18.6. The number of morpholine rings is 1. The Morgan fingerprint density at radius 2 is 2.04 bits per heavy atom. The second kappa shape index (κ2) is 8.17. The monoisotopic (exact) mass is 381 g/mol. The van der Waals surface area contributed by atoms with Crippen molar-refractivity contribution < 1.29 is 22.4 Å². The van der Waals surface area contributed by atoms with Gasteiger partial charge in [0, 0.05) is 37.8 Å². The normalized spacial score (nSPS) is 15.9. The van der Waals surface area contributed by atoms with Crippen molar-refractivity contribution in [3.8, 4) is 17.1 Å². The van der Waals surface area contributed by atoms with E-state index in [4.69, 9.17) is 14.0 Å². The Morgan fingerprint density at radius 3 is 2.69 bits per heavy atom. The lowest BCUT2D eigenvalue weighted by atomic mass is 10.1. The lowest BCUT2D eigenvalue weighted by molar-refractivity contribution is 0.0390. The second-order valence-corrected chi connectivity index (χ2v) is 7.79. The zero-order valence-corrected chi connectivity index (χ0v) is 15.7. The summed E-state index contributed by atoms with van der Waals surface area (Å²) in [6, 6.07) is 6.65.